The number of terminal acetylenes is 1. The molecule has 2 N–H and O–H groups in total. The van der Waals surface area contributed by atoms with E-state index in [1.165, 1.54) is 12.8 Å². The molecule has 0 spiro atoms. The molecule has 0 bridgehead atoms. The highest BCUT2D eigenvalue weighted by Crippen LogP contribution is 2.03. The molecule has 2 heteroatoms. The van der Waals surface area contributed by atoms with E-state index in [1.807, 2.05) is 0 Å². The van der Waals surface area contributed by atoms with Crippen molar-refractivity contribution in [3.63, 3.8) is 0 Å². The Morgan fingerprint density at radius 2 is 2.30 bits per heavy atom. The van der Waals surface area contributed by atoms with Crippen LogP contribution in [0.1, 0.15) is 32.6 Å². The molecule has 0 saturated heterocycles. The summed E-state index contributed by atoms with van der Waals surface area (Å²) < 4.78 is 0. The first kappa shape index (κ1) is 9.48. The summed E-state index contributed by atoms with van der Waals surface area (Å²) in [5, 5.41) is 0. The SMILES string of the molecule is C#CC(CCCCC)ON. The fourth-order valence-corrected chi connectivity index (χ4v) is 0.770. The molecule has 0 aliphatic rings. The first-order chi connectivity index (χ1) is 4.85. The molecule has 0 aromatic carbocycles. The van der Waals surface area contributed by atoms with E-state index >= 15 is 0 Å². The highest BCUT2D eigenvalue weighted by Gasteiger charge is 2.00. The molecule has 0 amide bonds. The normalized spacial score (nSPS) is 12.5. The average Bonchev–Trinajstić information content (AvgIpc) is 1.99. The van der Waals surface area contributed by atoms with Crippen molar-refractivity contribution >= 4 is 0 Å². The Hall–Kier alpha value is -0.520. The lowest BCUT2D eigenvalue weighted by Crippen LogP contribution is -2.14. The molecule has 0 radical (unpaired) electrons. The standard InChI is InChI=1S/C8H15NO/c1-3-5-6-7-8(4-2)10-9/h2,8H,3,5-7,9H2,1H3. The van der Waals surface area contributed by atoms with Crippen molar-refractivity contribution < 1.29 is 4.84 Å². The van der Waals surface area contributed by atoms with Crippen molar-refractivity contribution in [2.75, 3.05) is 0 Å². The van der Waals surface area contributed by atoms with Gasteiger partial charge in [-0.2, -0.15) is 0 Å². The van der Waals surface area contributed by atoms with Crippen molar-refractivity contribution in [2.24, 2.45) is 5.90 Å². The third-order valence-corrected chi connectivity index (χ3v) is 1.42. The Morgan fingerprint density at radius 1 is 1.60 bits per heavy atom. The van der Waals surface area contributed by atoms with Gasteiger partial charge in [-0.25, -0.2) is 5.90 Å². The zero-order valence-electron chi connectivity index (χ0n) is 6.47. The number of unbranched alkanes of at least 4 members (excludes halogenated alkanes) is 2. The number of hydrogen-bond acceptors (Lipinski definition) is 2. The molecule has 10 heavy (non-hydrogen) atoms. The largest absolute Gasteiger partial charge is 0.288 e. The van der Waals surface area contributed by atoms with Gasteiger partial charge in [0, 0.05) is 0 Å². The molecule has 0 rings (SSSR count). The maximum Gasteiger partial charge on any atom is 0.139 e. The van der Waals surface area contributed by atoms with Crippen LogP contribution in [0.3, 0.4) is 0 Å². The molecule has 0 heterocycles. The van der Waals surface area contributed by atoms with E-state index in [-0.39, 0.29) is 6.10 Å². The minimum Gasteiger partial charge on any atom is -0.288 e. The first-order valence-corrected chi connectivity index (χ1v) is 3.66. The van der Waals surface area contributed by atoms with Gasteiger partial charge in [-0.05, 0) is 12.8 Å². The van der Waals surface area contributed by atoms with Crippen LogP contribution in [0.2, 0.25) is 0 Å². The highest BCUT2D eigenvalue weighted by molar-refractivity contribution is 4.93. The third kappa shape index (κ3) is 4.37. The van der Waals surface area contributed by atoms with Crippen molar-refractivity contribution in [1.29, 1.82) is 0 Å². The van der Waals surface area contributed by atoms with Crippen LogP contribution in [-0.2, 0) is 4.84 Å². The number of hydrogen-bond donors (Lipinski definition) is 1. The van der Waals surface area contributed by atoms with Gasteiger partial charge in [0.2, 0.25) is 0 Å². The second kappa shape index (κ2) is 6.60. The van der Waals surface area contributed by atoms with Crippen LogP contribution in [-0.4, -0.2) is 6.10 Å². The van der Waals surface area contributed by atoms with Crippen molar-refractivity contribution in [2.45, 2.75) is 38.7 Å². The Labute approximate surface area is 62.7 Å². The summed E-state index contributed by atoms with van der Waals surface area (Å²) in [4.78, 5) is 4.51. The summed E-state index contributed by atoms with van der Waals surface area (Å²) in [6.45, 7) is 2.15. The predicted molar refractivity (Wildman–Crippen MR) is 42.0 cm³/mol. The fourth-order valence-electron chi connectivity index (χ4n) is 0.770. The molecule has 1 unspecified atom stereocenters. The molecule has 2 nitrogen and oxygen atoms in total. The summed E-state index contributed by atoms with van der Waals surface area (Å²) in [7, 11) is 0. The summed E-state index contributed by atoms with van der Waals surface area (Å²) >= 11 is 0. The minimum absolute atomic E-state index is 0.188. The smallest absolute Gasteiger partial charge is 0.139 e. The molecular weight excluding hydrogens is 126 g/mol. The van der Waals surface area contributed by atoms with Gasteiger partial charge in [0.1, 0.15) is 6.10 Å². The quantitative estimate of drug-likeness (QED) is 0.357. The monoisotopic (exact) mass is 141 g/mol. The molecule has 0 aromatic heterocycles. The Balaban J connectivity index is 3.20. The van der Waals surface area contributed by atoms with Gasteiger partial charge in [-0.1, -0.05) is 25.7 Å². The molecule has 0 saturated carbocycles. The van der Waals surface area contributed by atoms with E-state index in [1.54, 1.807) is 0 Å². The Morgan fingerprint density at radius 3 is 2.70 bits per heavy atom. The lowest BCUT2D eigenvalue weighted by molar-refractivity contribution is 0.0853. The van der Waals surface area contributed by atoms with Gasteiger partial charge < -0.3 is 0 Å². The highest BCUT2D eigenvalue weighted by atomic mass is 16.6. The summed E-state index contributed by atoms with van der Waals surface area (Å²) in [6.07, 6.45) is 9.29. The maximum atomic E-state index is 5.11. The van der Waals surface area contributed by atoms with E-state index in [9.17, 15) is 0 Å². The molecule has 58 valence electrons. The van der Waals surface area contributed by atoms with Crippen LogP contribution in [0.25, 0.3) is 0 Å². The van der Waals surface area contributed by atoms with Gasteiger partial charge in [-0.3, -0.25) is 4.84 Å². The maximum absolute atomic E-state index is 5.11. The van der Waals surface area contributed by atoms with Crippen LogP contribution in [0.15, 0.2) is 0 Å². The molecule has 0 fully saturated rings. The van der Waals surface area contributed by atoms with E-state index in [0.717, 1.165) is 12.8 Å². The molecular formula is C8H15NO. The van der Waals surface area contributed by atoms with Gasteiger partial charge in [-0.15, -0.1) is 6.42 Å². The van der Waals surface area contributed by atoms with E-state index < -0.39 is 0 Å². The zero-order chi connectivity index (χ0) is 7.82. The molecule has 1 atom stereocenters. The topological polar surface area (TPSA) is 35.2 Å². The van der Waals surface area contributed by atoms with Crippen molar-refractivity contribution in [1.82, 2.24) is 0 Å². The summed E-state index contributed by atoms with van der Waals surface area (Å²) in [6, 6.07) is 0. The van der Waals surface area contributed by atoms with Crippen LogP contribution in [0.4, 0.5) is 0 Å². The predicted octanol–water partition coefficient (Wildman–Crippen LogP) is 1.46. The van der Waals surface area contributed by atoms with Gasteiger partial charge in [0.05, 0.1) is 0 Å². The fraction of sp³-hybridized carbons (Fsp3) is 0.750. The molecule has 0 aliphatic carbocycles. The minimum atomic E-state index is -0.188. The van der Waals surface area contributed by atoms with Crippen LogP contribution in [0, 0.1) is 12.3 Å². The van der Waals surface area contributed by atoms with Crippen LogP contribution in [0.5, 0.6) is 0 Å². The Kier molecular flexibility index (Phi) is 6.25. The number of rotatable bonds is 5. The molecule has 0 aliphatic heterocycles. The molecule has 0 aromatic rings. The second-order valence-corrected chi connectivity index (χ2v) is 2.29. The average molecular weight is 141 g/mol. The van der Waals surface area contributed by atoms with Crippen molar-refractivity contribution in [3.05, 3.63) is 0 Å². The lowest BCUT2D eigenvalue weighted by Gasteiger charge is -2.05. The van der Waals surface area contributed by atoms with Crippen LogP contribution >= 0.6 is 0 Å². The van der Waals surface area contributed by atoms with Crippen molar-refractivity contribution in [3.8, 4) is 12.3 Å². The third-order valence-electron chi connectivity index (χ3n) is 1.42. The zero-order valence-corrected chi connectivity index (χ0v) is 6.47. The summed E-state index contributed by atoms with van der Waals surface area (Å²) in [5.41, 5.74) is 0. The Bertz CT molecular complexity index is 106. The second-order valence-electron chi connectivity index (χ2n) is 2.29. The van der Waals surface area contributed by atoms with Crippen LogP contribution < -0.4 is 5.90 Å². The lowest BCUT2D eigenvalue weighted by atomic mass is 10.1. The van der Waals surface area contributed by atoms with Gasteiger partial charge in [0.25, 0.3) is 0 Å². The van der Waals surface area contributed by atoms with Gasteiger partial charge in [0.15, 0.2) is 0 Å². The first-order valence-electron chi connectivity index (χ1n) is 3.66. The van der Waals surface area contributed by atoms with E-state index in [2.05, 4.69) is 17.7 Å². The van der Waals surface area contributed by atoms with Gasteiger partial charge >= 0.3 is 0 Å². The number of nitrogens with two attached hydrogens (primary N) is 1. The van der Waals surface area contributed by atoms with E-state index in [4.69, 9.17) is 12.3 Å². The van der Waals surface area contributed by atoms with E-state index in [0.29, 0.717) is 0 Å². The summed E-state index contributed by atoms with van der Waals surface area (Å²) in [5.74, 6) is 7.39.